The second kappa shape index (κ2) is 5.17. The number of hydrogen-bond donors (Lipinski definition) is 1. The Morgan fingerprint density at radius 3 is 2.70 bits per heavy atom. The fraction of sp³-hybridized carbons (Fsp3) is 0.267. The Labute approximate surface area is 117 Å². The van der Waals surface area contributed by atoms with Gasteiger partial charge >= 0.3 is 6.09 Å². The van der Waals surface area contributed by atoms with Crippen molar-refractivity contribution < 1.29 is 9.53 Å². The minimum absolute atomic E-state index is 0.340. The molecule has 1 aromatic heterocycles. The van der Waals surface area contributed by atoms with Crippen LogP contribution < -0.4 is 5.32 Å². The average Bonchev–Trinajstić information content (AvgIpc) is 2.35. The molecule has 5 heteroatoms. The Hall–Kier alpha value is -2.61. The number of carbonyl (C=O) groups excluding carboxylic acids is 1. The van der Waals surface area contributed by atoms with Crippen molar-refractivity contribution in [3.8, 4) is 6.07 Å². The summed E-state index contributed by atoms with van der Waals surface area (Å²) in [7, 11) is 0. The van der Waals surface area contributed by atoms with Gasteiger partial charge in [0.2, 0.25) is 0 Å². The third-order valence-electron chi connectivity index (χ3n) is 2.48. The van der Waals surface area contributed by atoms with Crippen molar-refractivity contribution in [3.63, 3.8) is 0 Å². The number of amides is 1. The van der Waals surface area contributed by atoms with Gasteiger partial charge < -0.3 is 4.74 Å². The number of aromatic nitrogens is 1. The van der Waals surface area contributed by atoms with Crippen molar-refractivity contribution >= 4 is 22.6 Å². The van der Waals surface area contributed by atoms with Crippen LogP contribution >= 0.6 is 0 Å². The minimum Gasteiger partial charge on any atom is -0.444 e. The van der Waals surface area contributed by atoms with E-state index in [0.717, 1.165) is 10.8 Å². The second-order valence-corrected chi connectivity index (χ2v) is 5.37. The first-order valence-corrected chi connectivity index (χ1v) is 6.17. The Bertz CT molecular complexity index is 696. The smallest absolute Gasteiger partial charge is 0.412 e. The number of benzene rings is 1. The number of anilines is 1. The van der Waals surface area contributed by atoms with Gasteiger partial charge in [-0.1, -0.05) is 6.07 Å². The maximum atomic E-state index is 11.7. The van der Waals surface area contributed by atoms with Crippen LogP contribution in [0.3, 0.4) is 0 Å². The Kier molecular flexibility index (Phi) is 3.57. The van der Waals surface area contributed by atoms with Crippen LogP contribution in [0.1, 0.15) is 26.5 Å². The van der Waals surface area contributed by atoms with Gasteiger partial charge in [0.05, 0.1) is 0 Å². The quantitative estimate of drug-likeness (QED) is 0.860. The summed E-state index contributed by atoms with van der Waals surface area (Å²) in [5.41, 5.74) is 0.410. The van der Waals surface area contributed by atoms with E-state index >= 15 is 0 Å². The van der Waals surface area contributed by atoms with Crippen molar-refractivity contribution in [3.05, 3.63) is 36.2 Å². The lowest BCUT2D eigenvalue weighted by Crippen LogP contribution is -2.27. The lowest BCUT2D eigenvalue weighted by Gasteiger charge is -2.19. The number of nitriles is 1. The molecule has 0 fully saturated rings. The number of fused-ring (bicyclic) bond motifs is 1. The fourth-order valence-electron chi connectivity index (χ4n) is 1.70. The fourth-order valence-corrected chi connectivity index (χ4v) is 1.70. The first kappa shape index (κ1) is 13.8. The SMILES string of the molecule is CC(C)(C)OC(=O)Nc1ccc2cnc(C#N)cc2c1. The topological polar surface area (TPSA) is 75.0 Å². The van der Waals surface area contributed by atoms with Crippen molar-refractivity contribution in [1.82, 2.24) is 4.98 Å². The molecule has 102 valence electrons. The zero-order valence-electron chi connectivity index (χ0n) is 11.6. The highest BCUT2D eigenvalue weighted by molar-refractivity contribution is 5.91. The minimum atomic E-state index is -0.543. The molecule has 1 aromatic carbocycles. The summed E-state index contributed by atoms with van der Waals surface area (Å²) in [6.07, 6.45) is 1.12. The standard InChI is InChI=1S/C15H15N3O2/c1-15(2,3)20-14(19)18-12-5-4-10-9-17-13(8-16)7-11(10)6-12/h4-7,9H,1-3H3,(H,18,19). The number of nitrogens with one attached hydrogen (secondary N) is 1. The van der Waals surface area contributed by atoms with Crippen molar-refractivity contribution in [2.24, 2.45) is 0 Å². The summed E-state index contributed by atoms with van der Waals surface area (Å²) < 4.78 is 5.18. The molecule has 2 rings (SSSR count). The molecule has 5 nitrogen and oxygen atoms in total. The van der Waals surface area contributed by atoms with E-state index in [4.69, 9.17) is 10.00 Å². The lowest BCUT2D eigenvalue weighted by atomic mass is 10.1. The van der Waals surface area contributed by atoms with Gasteiger partial charge in [0.15, 0.2) is 0 Å². The molecule has 1 amide bonds. The van der Waals surface area contributed by atoms with E-state index < -0.39 is 11.7 Å². The van der Waals surface area contributed by atoms with Crippen molar-refractivity contribution in [2.75, 3.05) is 5.32 Å². The second-order valence-electron chi connectivity index (χ2n) is 5.37. The number of pyridine rings is 1. The largest absolute Gasteiger partial charge is 0.444 e. The van der Waals surface area contributed by atoms with Crippen molar-refractivity contribution in [1.29, 1.82) is 5.26 Å². The van der Waals surface area contributed by atoms with Crippen LogP contribution in [0.2, 0.25) is 0 Å². The van der Waals surface area contributed by atoms with E-state index in [1.807, 2.05) is 12.1 Å². The molecule has 0 bridgehead atoms. The number of hydrogen-bond acceptors (Lipinski definition) is 4. The van der Waals surface area contributed by atoms with Crippen LogP contribution in [-0.2, 0) is 4.74 Å². The molecule has 0 saturated carbocycles. The van der Waals surface area contributed by atoms with E-state index in [1.54, 1.807) is 45.2 Å². The number of carbonyl (C=O) groups is 1. The summed E-state index contributed by atoms with van der Waals surface area (Å²) in [6.45, 7) is 5.41. The molecule has 1 heterocycles. The molecule has 2 aromatic rings. The van der Waals surface area contributed by atoms with Crippen LogP contribution in [0.5, 0.6) is 0 Å². The highest BCUT2D eigenvalue weighted by Crippen LogP contribution is 2.20. The van der Waals surface area contributed by atoms with Gasteiger partial charge in [-0.25, -0.2) is 9.78 Å². The zero-order chi connectivity index (χ0) is 14.8. The van der Waals surface area contributed by atoms with Gasteiger partial charge in [0.1, 0.15) is 17.4 Å². The predicted molar refractivity (Wildman–Crippen MR) is 76.3 cm³/mol. The van der Waals surface area contributed by atoms with E-state index in [2.05, 4.69) is 10.3 Å². The maximum absolute atomic E-state index is 11.7. The van der Waals surface area contributed by atoms with Crippen LogP contribution in [0.15, 0.2) is 30.5 Å². The predicted octanol–water partition coefficient (Wildman–Crippen LogP) is 3.45. The molecule has 0 atom stereocenters. The van der Waals surface area contributed by atoms with E-state index in [-0.39, 0.29) is 0 Å². The Morgan fingerprint density at radius 1 is 1.30 bits per heavy atom. The highest BCUT2D eigenvalue weighted by atomic mass is 16.6. The summed E-state index contributed by atoms with van der Waals surface area (Å²) in [6, 6.07) is 9.04. The average molecular weight is 269 g/mol. The molecule has 1 N–H and O–H groups in total. The number of rotatable bonds is 1. The first-order valence-electron chi connectivity index (χ1n) is 6.17. The van der Waals surface area contributed by atoms with E-state index in [0.29, 0.717) is 11.4 Å². The third-order valence-corrected chi connectivity index (χ3v) is 2.48. The van der Waals surface area contributed by atoms with Crippen molar-refractivity contribution in [2.45, 2.75) is 26.4 Å². The maximum Gasteiger partial charge on any atom is 0.412 e. The highest BCUT2D eigenvalue weighted by Gasteiger charge is 2.16. The molecule has 0 saturated heterocycles. The van der Waals surface area contributed by atoms with Gasteiger partial charge in [-0.2, -0.15) is 5.26 Å². The van der Waals surface area contributed by atoms with Crippen LogP contribution in [-0.4, -0.2) is 16.7 Å². The molecule has 20 heavy (non-hydrogen) atoms. The van der Waals surface area contributed by atoms with Crippen LogP contribution in [0, 0.1) is 11.3 Å². The summed E-state index contributed by atoms with van der Waals surface area (Å²) in [5.74, 6) is 0. The van der Waals surface area contributed by atoms with Gasteiger partial charge in [0, 0.05) is 17.3 Å². The van der Waals surface area contributed by atoms with E-state index in [9.17, 15) is 4.79 Å². The third kappa shape index (κ3) is 3.45. The summed E-state index contributed by atoms with van der Waals surface area (Å²) in [5, 5.41) is 13.2. The van der Waals surface area contributed by atoms with Gasteiger partial charge in [0.25, 0.3) is 0 Å². The molecular formula is C15H15N3O2. The Balaban J connectivity index is 2.23. The molecule has 0 aliphatic heterocycles. The van der Waals surface area contributed by atoms with Gasteiger partial charge in [-0.3, -0.25) is 5.32 Å². The zero-order valence-corrected chi connectivity index (χ0v) is 11.6. The lowest BCUT2D eigenvalue weighted by molar-refractivity contribution is 0.0636. The Morgan fingerprint density at radius 2 is 2.05 bits per heavy atom. The summed E-state index contributed by atoms with van der Waals surface area (Å²) in [4.78, 5) is 15.7. The normalized spacial score (nSPS) is 10.9. The molecule has 0 aliphatic carbocycles. The van der Waals surface area contributed by atoms with Crippen LogP contribution in [0.25, 0.3) is 10.8 Å². The van der Waals surface area contributed by atoms with E-state index in [1.165, 1.54) is 0 Å². The molecule has 0 unspecified atom stereocenters. The molecular weight excluding hydrogens is 254 g/mol. The number of ether oxygens (including phenoxy) is 1. The molecule has 0 radical (unpaired) electrons. The summed E-state index contributed by atoms with van der Waals surface area (Å²) >= 11 is 0. The van der Waals surface area contributed by atoms with Gasteiger partial charge in [-0.15, -0.1) is 0 Å². The monoisotopic (exact) mass is 269 g/mol. The number of nitrogens with zero attached hydrogens (tertiary/aromatic N) is 2. The molecule has 0 aliphatic rings. The first-order chi connectivity index (χ1) is 9.37. The van der Waals surface area contributed by atoms with Crippen LogP contribution in [0.4, 0.5) is 10.5 Å². The van der Waals surface area contributed by atoms with Gasteiger partial charge in [-0.05, 0) is 44.4 Å². The molecule has 0 spiro atoms.